The van der Waals surface area contributed by atoms with Crippen molar-refractivity contribution in [2.75, 3.05) is 0 Å². The van der Waals surface area contributed by atoms with Gasteiger partial charge in [0.15, 0.2) is 5.71 Å². The fourth-order valence-electron chi connectivity index (χ4n) is 1.07. The summed E-state index contributed by atoms with van der Waals surface area (Å²) in [5.74, 6) is -1.23. The van der Waals surface area contributed by atoms with E-state index in [1.807, 2.05) is 0 Å². The van der Waals surface area contributed by atoms with Gasteiger partial charge < -0.3 is 10.3 Å². The Bertz CT molecular complexity index is 405. The molecule has 1 unspecified atom stereocenters. The van der Waals surface area contributed by atoms with E-state index in [0.29, 0.717) is 5.02 Å². The summed E-state index contributed by atoms with van der Waals surface area (Å²) in [5.41, 5.74) is -0.278. The summed E-state index contributed by atoms with van der Waals surface area (Å²) in [4.78, 5) is 11.6. The second kappa shape index (κ2) is 5.77. The number of hydrogen-bond donors (Lipinski definition) is 2. The molecule has 0 amide bonds. The van der Waals surface area contributed by atoms with Gasteiger partial charge in [-0.2, -0.15) is 0 Å². The summed E-state index contributed by atoms with van der Waals surface area (Å²) in [6.45, 7) is 1.66. The molecule has 0 fully saturated rings. The van der Waals surface area contributed by atoms with Crippen LogP contribution in [0.2, 0.25) is 5.02 Å². The Morgan fingerprint density at radius 3 is 2.44 bits per heavy atom. The van der Waals surface area contributed by atoms with Crippen LogP contribution in [-0.2, 0) is 4.79 Å². The van der Waals surface area contributed by atoms with Gasteiger partial charge in [-0.15, -0.1) is 11.8 Å². The lowest BCUT2D eigenvalue weighted by Crippen LogP contribution is -2.23. The third-order valence-corrected chi connectivity index (χ3v) is 3.21. The van der Waals surface area contributed by atoms with Crippen molar-refractivity contribution in [1.82, 2.24) is 0 Å². The lowest BCUT2D eigenvalue weighted by atomic mass is 10.3. The Hall–Kier alpha value is -1.20. The molecule has 1 aromatic rings. The number of carboxylic acid groups (broad SMARTS) is 1. The Kier molecular flexibility index (Phi) is 4.64. The van der Waals surface area contributed by atoms with E-state index in [-0.39, 0.29) is 5.71 Å². The third kappa shape index (κ3) is 3.43. The molecule has 0 aliphatic rings. The van der Waals surface area contributed by atoms with Crippen molar-refractivity contribution in [1.29, 1.82) is 0 Å². The first-order chi connectivity index (χ1) is 7.54. The number of oxime groups is 1. The molecule has 1 atom stereocenters. The summed E-state index contributed by atoms with van der Waals surface area (Å²) < 4.78 is 0. The van der Waals surface area contributed by atoms with E-state index in [1.54, 1.807) is 31.2 Å². The first kappa shape index (κ1) is 12.9. The molecule has 0 heterocycles. The average Bonchev–Trinajstić information content (AvgIpc) is 2.22. The van der Waals surface area contributed by atoms with Gasteiger partial charge in [0.05, 0.1) is 5.25 Å². The molecule has 4 nitrogen and oxygen atoms in total. The van der Waals surface area contributed by atoms with E-state index in [9.17, 15) is 4.79 Å². The molecular formula is C10H10ClNO3S. The SMILES string of the molecule is CC(Sc1ccc(Cl)cc1)C(=NO)C(=O)O. The fourth-order valence-corrected chi connectivity index (χ4v) is 2.16. The van der Waals surface area contributed by atoms with E-state index < -0.39 is 11.2 Å². The van der Waals surface area contributed by atoms with Crippen LogP contribution >= 0.6 is 23.4 Å². The van der Waals surface area contributed by atoms with E-state index in [2.05, 4.69) is 5.16 Å². The van der Waals surface area contributed by atoms with Crippen LogP contribution in [0.5, 0.6) is 0 Å². The van der Waals surface area contributed by atoms with Crippen LogP contribution in [0.25, 0.3) is 0 Å². The molecule has 0 aromatic heterocycles. The molecule has 0 radical (unpaired) electrons. The van der Waals surface area contributed by atoms with Gasteiger partial charge in [-0.05, 0) is 31.2 Å². The summed E-state index contributed by atoms with van der Waals surface area (Å²) >= 11 is 7.00. The van der Waals surface area contributed by atoms with Gasteiger partial charge in [0.2, 0.25) is 0 Å². The van der Waals surface area contributed by atoms with E-state index in [1.165, 1.54) is 11.8 Å². The van der Waals surface area contributed by atoms with Gasteiger partial charge in [-0.25, -0.2) is 4.79 Å². The number of benzene rings is 1. The highest BCUT2D eigenvalue weighted by molar-refractivity contribution is 8.00. The Labute approximate surface area is 102 Å². The molecule has 86 valence electrons. The number of rotatable bonds is 4. The van der Waals surface area contributed by atoms with Gasteiger partial charge in [-0.3, -0.25) is 0 Å². The maximum absolute atomic E-state index is 10.7. The lowest BCUT2D eigenvalue weighted by molar-refractivity contribution is -0.129. The van der Waals surface area contributed by atoms with Gasteiger partial charge in [0, 0.05) is 9.92 Å². The lowest BCUT2D eigenvalue weighted by Gasteiger charge is -2.09. The van der Waals surface area contributed by atoms with Crippen molar-refractivity contribution in [2.45, 2.75) is 17.1 Å². The van der Waals surface area contributed by atoms with Crippen LogP contribution in [-0.4, -0.2) is 27.2 Å². The number of thioether (sulfide) groups is 1. The summed E-state index contributed by atoms with van der Waals surface area (Å²) in [6.07, 6.45) is 0. The topological polar surface area (TPSA) is 69.9 Å². The maximum atomic E-state index is 10.7. The summed E-state index contributed by atoms with van der Waals surface area (Å²) in [7, 11) is 0. The second-order valence-corrected chi connectivity index (χ2v) is 4.86. The van der Waals surface area contributed by atoms with Crippen LogP contribution in [0.3, 0.4) is 0 Å². The number of nitrogens with zero attached hydrogens (tertiary/aromatic N) is 1. The number of hydrogen-bond acceptors (Lipinski definition) is 4. The van der Waals surface area contributed by atoms with Crippen LogP contribution in [0, 0.1) is 0 Å². The largest absolute Gasteiger partial charge is 0.477 e. The van der Waals surface area contributed by atoms with Crippen molar-refractivity contribution >= 4 is 35.0 Å². The zero-order valence-electron chi connectivity index (χ0n) is 8.42. The standard InChI is InChI=1S/C10H10ClNO3S/c1-6(9(12-15)10(13)14)16-8-4-2-7(11)3-5-8/h2-6,15H,1H3,(H,13,14). The fraction of sp³-hybridized carbons (Fsp3) is 0.200. The summed E-state index contributed by atoms with van der Waals surface area (Å²) in [6, 6.07) is 6.99. The molecule has 0 bridgehead atoms. The normalized spacial score (nSPS) is 13.5. The van der Waals surface area contributed by atoms with Crippen molar-refractivity contribution < 1.29 is 15.1 Å². The number of aliphatic carboxylic acids is 1. The third-order valence-electron chi connectivity index (χ3n) is 1.84. The minimum absolute atomic E-state index is 0.278. The predicted molar refractivity (Wildman–Crippen MR) is 63.6 cm³/mol. The number of halogens is 1. The molecule has 0 spiro atoms. The van der Waals surface area contributed by atoms with Crippen LogP contribution in [0.15, 0.2) is 34.3 Å². The molecule has 16 heavy (non-hydrogen) atoms. The molecular weight excluding hydrogens is 250 g/mol. The average molecular weight is 260 g/mol. The minimum Gasteiger partial charge on any atom is -0.477 e. The van der Waals surface area contributed by atoms with Crippen LogP contribution in [0.1, 0.15) is 6.92 Å². The molecule has 6 heteroatoms. The van der Waals surface area contributed by atoms with Crippen LogP contribution in [0.4, 0.5) is 0 Å². The molecule has 2 N–H and O–H groups in total. The quantitative estimate of drug-likeness (QED) is 0.378. The van der Waals surface area contributed by atoms with Crippen molar-refractivity contribution in [3.05, 3.63) is 29.3 Å². The number of carbonyl (C=O) groups is 1. The first-order valence-electron chi connectivity index (χ1n) is 4.42. The highest BCUT2D eigenvalue weighted by Gasteiger charge is 2.19. The molecule has 1 aromatic carbocycles. The van der Waals surface area contributed by atoms with Crippen molar-refractivity contribution in [3.8, 4) is 0 Å². The van der Waals surface area contributed by atoms with Gasteiger partial charge in [-0.1, -0.05) is 16.8 Å². The Morgan fingerprint density at radius 1 is 1.44 bits per heavy atom. The maximum Gasteiger partial charge on any atom is 0.354 e. The zero-order valence-corrected chi connectivity index (χ0v) is 10.00. The number of carboxylic acids is 1. The van der Waals surface area contributed by atoms with Gasteiger partial charge in [0.1, 0.15) is 0 Å². The van der Waals surface area contributed by atoms with E-state index in [4.69, 9.17) is 21.9 Å². The zero-order chi connectivity index (χ0) is 12.1. The second-order valence-electron chi connectivity index (χ2n) is 3.00. The molecule has 1 rings (SSSR count). The van der Waals surface area contributed by atoms with Crippen molar-refractivity contribution in [3.63, 3.8) is 0 Å². The molecule has 0 saturated heterocycles. The molecule has 0 saturated carbocycles. The minimum atomic E-state index is -1.23. The highest BCUT2D eigenvalue weighted by Crippen LogP contribution is 2.25. The van der Waals surface area contributed by atoms with Crippen molar-refractivity contribution in [2.24, 2.45) is 5.16 Å². The first-order valence-corrected chi connectivity index (χ1v) is 5.68. The summed E-state index contributed by atoms with van der Waals surface area (Å²) in [5, 5.41) is 20.2. The molecule has 0 aliphatic carbocycles. The van der Waals surface area contributed by atoms with Crippen LogP contribution < -0.4 is 0 Å². The smallest absolute Gasteiger partial charge is 0.354 e. The molecule has 0 aliphatic heterocycles. The predicted octanol–water partition coefficient (Wildman–Crippen LogP) is 2.74. The Balaban J connectivity index is 2.74. The Morgan fingerprint density at radius 2 is 2.00 bits per heavy atom. The van der Waals surface area contributed by atoms with E-state index >= 15 is 0 Å². The highest BCUT2D eigenvalue weighted by atomic mass is 35.5. The van der Waals surface area contributed by atoms with E-state index in [0.717, 1.165) is 4.90 Å². The van der Waals surface area contributed by atoms with Gasteiger partial charge in [0.25, 0.3) is 0 Å². The monoisotopic (exact) mass is 259 g/mol. The van der Waals surface area contributed by atoms with Gasteiger partial charge >= 0.3 is 5.97 Å².